The molecule has 1 aromatic carbocycles. The van der Waals surface area contributed by atoms with Crippen molar-refractivity contribution in [3.8, 4) is 0 Å². The van der Waals surface area contributed by atoms with Gasteiger partial charge in [-0.1, -0.05) is 38.1 Å². The lowest BCUT2D eigenvalue weighted by Gasteiger charge is -2.30. The van der Waals surface area contributed by atoms with Gasteiger partial charge < -0.3 is 15.3 Å². The van der Waals surface area contributed by atoms with E-state index in [2.05, 4.69) is 5.32 Å². The predicted octanol–water partition coefficient (Wildman–Crippen LogP) is 1.44. The zero-order chi connectivity index (χ0) is 16.1. The Hall–Kier alpha value is -1.88. The van der Waals surface area contributed by atoms with Crippen LogP contribution in [0.3, 0.4) is 0 Å². The van der Waals surface area contributed by atoms with Crippen molar-refractivity contribution in [2.45, 2.75) is 45.9 Å². The summed E-state index contributed by atoms with van der Waals surface area (Å²) in [6.45, 7) is 4.88. The average molecular weight is 304 g/mol. The van der Waals surface area contributed by atoms with Gasteiger partial charge in [0.15, 0.2) is 0 Å². The van der Waals surface area contributed by atoms with Crippen molar-refractivity contribution < 1.29 is 14.7 Å². The number of likely N-dealkylation sites (tertiary alicyclic amines) is 1. The summed E-state index contributed by atoms with van der Waals surface area (Å²) in [6.07, 6.45) is 1.35. The number of hydrogen-bond acceptors (Lipinski definition) is 3. The summed E-state index contributed by atoms with van der Waals surface area (Å²) in [5.74, 6) is -0.00210. The Kier molecular flexibility index (Phi) is 5.55. The van der Waals surface area contributed by atoms with E-state index in [4.69, 9.17) is 0 Å². The molecule has 1 aliphatic rings. The maximum absolute atomic E-state index is 12.5. The fraction of sp³-hybridized carbons (Fsp3) is 0.529. The van der Waals surface area contributed by atoms with E-state index in [1.54, 1.807) is 4.90 Å². The molecule has 5 nitrogen and oxygen atoms in total. The minimum absolute atomic E-state index is 0.0513. The first-order valence-electron chi connectivity index (χ1n) is 7.79. The van der Waals surface area contributed by atoms with E-state index in [-0.39, 0.29) is 24.3 Å². The number of carbonyl (C=O) groups excluding carboxylic acids is 2. The molecule has 1 aromatic rings. The van der Waals surface area contributed by atoms with Crippen molar-refractivity contribution in [2.24, 2.45) is 5.92 Å². The first-order valence-corrected chi connectivity index (χ1v) is 7.79. The van der Waals surface area contributed by atoms with Crippen LogP contribution in [-0.2, 0) is 22.7 Å². The topological polar surface area (TPSA) is 69.6 Å². The van der Waals surface area contributed by atoms with Crippen LogP contribution < -0.4 is 5.32 Å². The number of benzene rings is 1. The minimum Gasteiger partial charge on any atom is -0.392 e. The van der Waals surface area contributed by atoms with E-state index < -0.39 is 6.04 Å². The molecule has 0 saturated carbocycles. The quantitative estimate of drug-likeness (QED) is 0.835. The Morgan fingerprint density at radius 3 is 2.55 bits per heavy atom. The average Bonchev–Trinajstić information content (AvgIpc) is 2.91. The second-order valence-electron chi connectivity index (χ2n) is 6.02. The Bertz CT molecular complexity index is 542. The number of hydrogen-bond donors (Lipinski definition) is 2. The van der Waals surface area contributed by atoms with Crippen LogP contribution in [0.2, 0.25) is 0 Å². The summed E-state index contributed by atoms with van der Waals surface area (Å²) in [4.78, 5) is 26.1. The summed E-state index contributed by atoms with van der Waals surface area (Å²) in [5, 5.41) is 12.2. The molecule has 2 amide bonds. The molecule has 1 fully saturated rings. The van der Waals surface area contributed by atoms with Crippen LogP contribution in [0.25, 0.3) is 0 Å². The highest BCUT2D eigenvalue weighted by Gasteiger charge is 2.34. The van der Waals surface area contributed by atoms with Gasteiger partial charge in [0.25, 0.3) is 0 Å². The van der Waals surface area contributed by atoms with Crippen molar-refractivity contribution in [2.75, 3.05) is 6.54 Å². The molecule has 0 radical (unpaired) electrons. The maximum atomic E-state index is 12.5. The second-order valence-corrected chi connectivity index (χ2v) is 6.02. The van der Waals surface area contributed by atoms with Gasteiger partial charge in [-0.15, -0.1) is 0 Å². The fourth-order valence-corrected chi connectivity index (χ4v) is 2.94. The van der Waals surface area contributed by atoms with Crippen LogP contribution in [0.1, 0.15) is 37.8 Å². The third-order valence-corrected chi connectivity index (χ3v) is 4.09. The van der Waals surface area contributed by atoms with Gasteiger partial charge in [-0.05, 0) is 23.5 Å². The van der Waals surface area contributed by atoms with E-state index in [0.29, 0.717) is 19.5 Å². The Labute approximate surface area is 131 Å². The molecule has 2 rings (SSSR count). The third kappa shape index (κ3) is 3.65. The van der Waals surface area contributed by atoms with Crippen LogP contribution in [0.5, 0.6) is 0 Å². The molecule has 0 aromatic heterocycles. The minimum atomic E-state index is -0.420. The molecule has 1 saturated heterocycles. The number of nitrogens with zero attached hydrogens (tertiary/aromatic N) is 1. The molecule has 1 heterocycles. The third-order valence-electron chi connectivity index (χ3n) is 4.09. The zero-order valence-corrected chi connectivity index (χ0v) is 13.2. The molecule has 0 aliphatic carbocycles. The van der Waals surface area contributed by atoms with Crippen molar-refractivity contribution in [3.63, 3.8) is 0 Å². The number of aliphatic hydroxyl groups excluding tert-OH is 1. The monoisotopic (exact) mass is 304 g/mol. The SMILES string of the molecule is CC(C)C(C(=O)NCc1ccccc1CO)N1CCCC1=O. The second kappa shape index (κ2) is 7.40. The molecule has 1 aliphatic heterocycles. The first-order chi connectivity index (χ1) is 10.5. The molecule has 120 valence electrons. The highest BCUT2D eigenvalue weighted by Crippen LogP contribution is 2.19. The smallest absolute Gasteiger partial charge is 0.243 e. The van der Waals surface area contributed by atoms with Crippen LogP contribution >= 0.6 is 0 Å². The lowest BCUT2D eigenvalue weighted by Crippen LogP contribution is -2.50. The first kappa shape index (κ1) is 16.5. The lowest BCUT2D eigenvalue weighted by atomic mass is 10.0. The van der Waals surface area contributed by atoms with E-state index in [9.17, 15) is 14.7 Å². The van der Waals surface area contributed by atoms with Crippen LogP contribution in [-0.4, -0.2) is 34.4 Å². The van der Waals surface area contributed by atoms with Crippen molar-refractivity contribution >= 4 is 11.8 Å². The van der Waals surface area contributed by atoms with Crippen molar-refractivity contribution in [1.82, 2.24) is 10.2 Å². The van der Waals surface area contributed by atoms with E-state index in [1.807, 2.05) is 38.1 Å². The molecule has 1 unspecified atom stereocenters. The number of nitrogens with one attached hydrogen (secondary N) is 1. The Balaban J connectivity index is 2.04. The summed E-state index contributed by atoms with van der Waals surface area (Å²) in [6, 6.07) is 7.04. The van der Waals surface area contributed by atoms with Gasteiger partial charge in [0.2, 0.25) is 11.8 Å². The molecular formula is C17H24N2O3. The Morgan fingerprint density at radius 2 is 2.00 bits per heavy atom. The van der Waals surface area contributed by atoms with Crippen molar-refractivity contribution in [3.05, 3.63) is 35.4 Å². The molecular weight excluding hydrogens is 280 g/mol. The van der Waals surface area contributed by atoms with E-state index >= 15 is 0 Å². The molecule has 0 bridgehead atoms. The normalized spacial score (nSPS) is 16.2. The fourth-order valence-electron chi connectivity index (χ4n) is 2.94. The number of aliphatic hydroxyl groups is 1. The summed E-state index contributed by atoms with van der Waals surface area (Å²) in [5.41, 5.74) is 1.70. The lowest BCUT2D eigenvalue weighted by molar-refractivity contribution is -0.139. The molecule has 1 atom stereocenters. The molecule has 22 heavy (non-hydrogen) atoms. The Morgan fingerprint density at radius 1 is 1.32 bits per heavy atom. The van der Waals surface area contributed by atoms with Gasteiger partial charge in [-0.25, -0.2) is 0 Å². The summed E-state index contributed by atoms with van der Waals surface area (Å²) in [7, 11) is 0. The van der Waals surface area contributed by atoms with Crippen molar-refractivity contribution in [1.29, 1.82) is 0 Å². The predicted molar refractivity (Wildman–Crippen MR) is 83.8 cm³/mol. The standard InChI is InChI=1S/C17H24N2O3/c1-12(2)16(19-9-5-8-15(19)21)17(22)18-10-13-6-3-4-7-14(13)11-20/h3-4,6-7,12,16,20H,5,8-11H2,1-2H3,(H,18,22). The summed E-state index contributed by atoms with van der Waals surface area (Å²) < 4.78 is 0. The molecule has 5 heteroatoms. The van der Waals surface area contributed by atoms with Gasteiger partial charge in [-0.3, -0.25) is 9.59 Å². The van der Waals surface area contributed by atoms with E-state index in [0.717, 1.165) is 17.5 Å². The van der Waals surface area contributed by atoms with Crippen LogP contribution in [0.4, 0.5) is 0 Å². The number of carbonyl (C=O) groups is 2. The zero-order valence-electron chi connectivity index (χ0n) is 13.2. The van der Waals surface area contributed by atoms with Crippen LogP contribution in [0, 0.1) is 5.92 Å². The highest BCUT2D eigenvalue weighted by atomic mass is 16.3. The number of amides is 2. The van der Waals surface area contributed by atoms with Gasteiger partial charge >= 0.3 is 0 Å². The van der Waals surface area contributed by atoms with Crippen LogP contribution in [0.15, 0.2) is 24.3 Å². The largest absolute Gasteiger partial charge is 0.392 e. The van der Waals surface area contributed by atoms with Gasteiger partial charge in [0, 0.05) is 19.5 Å². The van der Waals surface area contributed by atoms with Gasteiger partial charge in [0.1, 0.15) is 6.04 Å². The highest BCUT2D eigenvalue weighted by molar-refractivity contribution is 5.88. The number of rotatable bonds is 6. The van der Waals surface area contributed by atoms with Gasteiger partial charge in [0.05, 0.1) is 6.61 Å². The molecule has 0 spiro atoms. The van der Waals surface area contributed by atoms with E-state index in [1.165, 1.54) is 0 Å². The maximum Gasteiger partial charge on any atom is 0.243 e. The van der Waals surface area contributed by atoms with Gasteiger partial charge in [-0.2, -0.15) is 0 Å². The summed E-state index contributed by atoms with van der Waals surface area (Å²) >= 11 is 0. The molecule has 2 N–H and O–H groups in total.